The van der Waals surface area contributed by atoms with Crippen LogP contribution in [0.15, 0.2) is 54.6 Å². The standard InChI is InChI=1S/C14H12N.C8H18N/c1-15-13-8-4-2-6-11(13)10-12-7-3-5-9-14(12)15;1-8-4-6-9(2,3)7-5-8/h2-10H,1H3;8H,4-7H2,1-3H3/q2*+1. The zero-order valence-electron chi connectivity index (χ0n) is 15.5. The Bertz CT molecular complexity index is 772. The highest BCUT2D eigenvalue weighted by molar-refractivity contribution is 5.88. The number of piperidine rings is 1. The van der Waals surface area contributed by atoms with Crippen LogP contribution in [0.3, 0.4) is 0 Å². The van der Waals surface area contributed by atoms with Gasteiger partial charge in [-0.05, 0) is 37.0 Å². The average molecular weight is 322 g/mol. The molecular formula is C22H30N2+2. The van der Waals surface area contributed by atoms with Crippen molar-refractivity contribution in [3.8, 4) is 0 Å². The van der Waals surface area contributed by atoms with E-state index >= 15 is 0 Å². The molecular weight excluding hydrogens is 292 g/mol. The third kappa shape index (κ3) is 3.76. The van der Waals surface area contributed by atoms with Crippen LogP contribution in [0, 0.1) is 5.92 Å². The largest absolute Gasteiger partial charge is 0.328 e. The Hall–Kier alpha value is -1.93. The molecule has 0 amide bonds. The van der Waals surface area contributed by atoms with Crippen LogP contribution in [0.4, 0.5) is 0 Å². The van der Waals surface area contributed by atoms with Crippen molar-refractivity contribution in [1.29, 1.82) is 0 Å². The Morgan fingerprint density at radius 3 is 1.75 bits per heavy atom. The summed E-state index contributed by atoms with van der Waals surface area (Å²) in [6, 6.07) is 19.2. The van der Waals surface area contributed by atoms with E-state index in [1.807, 2.05) is 0 Å². The molecule has 0 spiro atoms. The molecule has 0 N–H and O–H groups in total. The van der Waals surface area contributed by atoms with Crippen molar-refractivity contribution in [1.82, 2.24) is 0 Å². The molecule has 1 saturated heterocycles. The van der Waals surface area contributed by atoms with Crippen LogP contribution in [-0.2, 0) is 7.05 Å². The number of hydrogen-bond donors (Lipinski definition) is 0. The SMILES string of the molecule is CC1CC[N+](C)(C)CC1.C[n+]1c2ccccc2cc2ccccc21. The Morgan fingerprint density at radius 1 is 0.833 bits per heavy atom. The highest BCUT2D eigenvalue weighted by Crippen LogP contribution is 2.19. The minimum atomic E-state index is 0.983. The second-order valence-electron chi connectivity index (χ2n) is 7.89. The third-order valence-electron chi connectivity index (χ3n) is 5.36. The normalized spacial score (nSPS) is 17.5. The van der Waals surface area contributed by atoms with E-state index in [2.05, 4.69) is 87.2 Å². The van der Waals surface area contributed by atoms with E-state index in [0.717, 1.165) is 5.92 Å². The first-order valence-electron chi connectivity index (χ1n) is 9.05. The second-order valence-corrected chi connectivity index (χ2v) is 7.89. The summed E-state index contributed by atoms with van der Waals surface area (Å²) in [4.78, 5) is 0. The minimum absolute atomic E-state index is 0.983. The van der Waals surface area contributed by atoms with E-state index in [1.165, 1.54) is 52.2 Å². The van der Waals surface area contributed by atoms with Gasteiger partial charge in [-0.15, -0.1) is 0 Å². The maximum Gasteiger partial charge on any atom is 0.212 e. The molecule has 24 heavy (non-hydrogen) atoms. The number of nitrogens with zero attached hydrogens (tertiary/aromatic N) is 2. The van der Waals surface area contributed by atoms with Gasteiger partial charge in [0.05, 0.1) is 27.2 Å². The van der Waals surface area contributed by atoms with Crippen LogP contribution < -0.4 is 4.57 Å². The van der Waals surface area contributed by atoms with Gasteiger partial charge in [0.15, 0.2) is 0 Å². The smallest absolute Gasteiger partial charge is 0.212 e. The van der Waals surface area contributed by atoms with Crippen molar-refractivity contribution in [2.75, 3.05) is 27.2 Å². The molecule has 1 aliphatic rings. The molecule has 2 nitrogen and oxygen atoms in total. The molecule has 0 aliphatic carbocycles. The summed E-state index contributed by atoms with van der Waals surface area (Å²) >= 11 is 0. The highest BCUT2D eigenvalue weighted by Gasteiger charge is 2.22. The number of pyridine rings is 1. The van der Waals surface area contributed by atoms with Gasteiger partial charge in [0.2, 0.25) is 11.0 Å². The van der Waals surface area contributed by atoms with Crippen molar-refractivity contribution in [2.24, 2.45) is 13.0 Å². The monoisotopic (exact) mass is 322 g/mol. The number of benzene rings is 2. The predicted octanol–water partition coefficient (Wildman–Crippen LogP) is 4.31. The molecule has 0 radical (unpaired) electrons. The Balaban J connectivity index is 0.000000162. The molecule has 2 heterocycles. The van der Waals surface area contributed by atoms with Crippen molar-refractivity contribution in [2.45, 2.75) is 19.8 Å². The van der Waals surface area contributed by atoms with Gasteiger partial charge in [0.25, 0.3) is 0 Å². The summed E-state index contributed by atoms with van der Waals surface area (Å²) in [5.74, 6) is 0.983. The zero-order chi connectivity index (χ0) is 17.2. The molecule has 2 heteroatoms. The lowest BCUT2D eigenvalue weighted by atomic mass is 9.98. The van der Waals surface area contributed by atoms with E-state index in [0.29, 0.717) is 0 Å². The molecule has 1 fully saturated rings. The summed E-state index contributed by atoms with van der Waals surface area (Å²) in [6.45, 7) is 5.11. The second kappa shape index (κ2) is 6.90. The molecule has 0 atom stereocenters. The summed E-state index contributed by atoms with van der Waals surface area (Å²) in [5.41, 5.74) is 2.55. The quantitative estimate of drug-likeness (QED) is 0.330. The molecule has 3 aromatic rings. The molecule has 1 aromatic heterocycles. The molecule has 0 saturated carbocycles. The Kier molecular flexibility index (Phi) is 4.86. The van der Waals surface area contributed by atoms with Gasteiger partial charge in [-0.25, -0.2) is 0 Å². The molecule has 126 valence electrons. The predicted molar refractivity (Wildman–Crippen MR) is 103 cm³/mol. The van der Waals surface area contributed by atoms with E-state index in [-0.39, 0.29) is 0 Å². The number of fused-ring (bicyclic) bond motifs is 2. The zero-order valence-corrected chi connectivity index (χ0v) is 15.5. The summed E-state index contributed by atoms with van der Waals surface area (Å²) in [7, 11) is 6.77. The lowest BCUT2D eigenvalue weighted by Crippen LogP contribution is -2.45. The fraction of sp³-hybridized carbons (Fsp3) is 0.409. The lowest BCUT2D eigenvalue weighted by Gasteiger charge is -2.35. The third-order valence-corrected chi connectivity index (χ3v) is 5.36. The van der Waals surface area contributed by atoms with Crippen LogP contribution in [-0.4, -0.2) is 31.7 Å². The minimum Gasteiger partial charge on any atom is -0.328 e. The van der Waals surface area contributed by atoms with Gasteiger partial charge in [-0.3, -0.25) is 0 Å². The Morgan fingerprint density at radius 2 is 1.29 bits per heavy atom. The first-order valence-corrected chi connectivity index (χ1v) is 9.05. The van der Waals surface area contributed by atoms with Crippen LogP contribution in [0.5, 0.6) is 0 Å². The van der Waals surface area contributed by atoms with Crippen LogP contribution in [0.2, 0.25) is 0 Å². The van der Waals surface area contributed by atoms with Gasteiger partial charge in [-0.2, -0.15) is 4.57 Å². The first-order chi connectivity index (χ1) is 11.5. The number of rotatable bonds is 0. The summed E-state index contributed by atoms with van der Waals surface area (Å²) in [5, 5.41) is 2.58. The van der Waals surface area contributed by atoms with Gasteiger partial charge in [0.1, 0.15) is 7.05 Å². The van der Waals surface area contributed by atoms with Gasteiger partial charge >= 0.3 is 0 Å². The van der Waals surface area contributed by atoms with Crippen molar-refractivity contribution in [3.63, 3.8) is 0 Å². The van der Waals surface area contributed by atoms with E-state index in [9.17, 15) is 0 Å². The molecule has 2 aromatic carbocycles. The number of hydrogen-bond acceptors (Lipinski definition) is 0. The maximum absolute atomic E-state index is 2.36. The van der Waals surface area contributed by atoms with E-state index in [4.69, 9.17) is 0 Å². The molecule has 1 aliphatic heterocycles. The maximum atomic E-state index is 2.36. The number of likely N-dealkylation sites (tertiary alicyclic amines) is 1. The van der Waals surface area contributed by atoms with Crippen molar-refractivity contribution >= 4 is 21.8 Å². The molecule has 0 unspecified atom stereocenters. The average Bonchev–Trinajstić information content (AvgIpc) is 2.59. The van der Waals surface area contributed by atoms with E-state index in [1.54, 1.807) is 0 Å². The van der Waals surface area contributed by atoms with Crippen LogP contribution in [0.25, 0.3) is 21.8 Å². The number of quaternary nitrogens is 1. The number of para-hydroxylation sites is 2. The molecule has 0 bridgehead atoms. The Labute approximate surface area is 145 Å². The summed E-state index contributed by atoms with van der Waals surface area (Å²) < 4.78 is 3.48. The summed E-state index contributed by atoms with van der Waals surface area (Å²) in [6.07, 6.45) is 2.85. The molecule has 4 rings (SSSR count). The lowest BCUT2D eigenvalue weighted by molar-refractivity contribution is -0.896. The highest BCUT2D eigenvalue weighted by atomic mass is 15.3. The van der Waals surface area contributed by atoms with Gasteiger partial charge in [-0.1, -0.05) is 31.2 Å². The van der Waals surface area contributed by atoms with E-state index < -0.39 is 0 Å². The number of aromatic nitrogens is 1. The van der Waals surface area contributed by atoms with Gasteiger partial charge in [0, 0.05) is 22.9 Å². The van der Waals surface area contributed by atoms with Crippen LogP contribution >= 0.6 is 0 Å². The van der Waals surface area contributed by atoms with Crippen molar-refractivity contribution < 1.29 is 9.05 Å². The topological polar surface area (TPSA) is 3.88 Å². The van der Waals surface area contributed by atoms with Gasteiger partial charge < -0.3 is 4.48 Å². The number of aryl methyl sites for hydroxylation is 1. The fourth-order valence-corrected chi connectivity index (χ4v) is 3.52. The van der Waals surface area contributed by atoms with Crippen LogP contribution in [0.1, 0.15) is 19.8 Å². The first kappa shape index (κ1) is 16.9. The fourth-order valence-electron chi connectivity index (χ4n) is 3.52. The van der Waals surface area contributed by atoms with Crippen molar-refractivity contribution in [3.05, 3.63) is 54.6 Å².